The first kappa shape index (κ1) is 23.8. The fourth-order valence-electron chi connectivity index (χ4n) is 3.04. The number of nitro benzene ring substituents is 1. The van der Waals surface area contributed by atoms with Gasteiger partial charge in [0.15, 0.2) is 0 Å². The van der Waals surface area contributed by atoms with Crippen LogP contribution in [0.25, 0.3) is 0 Å². The van der Waals surface area contributed by atoms with E-state index in [1.165, 1.54) is 18.3 Å². The lowest BCUT2D eigenvalue weighted by Crippen LogP contribution is -2.37. The Morgan fingerprint density at radius 2 is 1.91 bits per heavy atom. The number of non-ortho nitro benzene ring substituents is 1. The average Bonchev–Trinajstić information content (AvgIpc) is 2.82. The number of nitrogens with one attached hydrogen (secondary N) is 2. The van der Waals surface area contributed by atoms with Gasteiger partial charge in [-0.25, -0.2) is 5.43 Å². The first-order valence-electron chi connectivity index (χ1n) is 9.96. The SMILES string of the molecule is O=[N+]([O-])c1cc(Br)c(O)c(C=NNc2nc(Nc3cccc(Br)c3)nc(N3CCOCC3)n2)c1. The summed E-state index contributed by atoms with van der Waals surface area (Å²) in [7, 11) is 0. The second-order valence-corrected chi connectivity index (χ2v) is 8.78. The lowest BCUT2D eigenvalue weighted by molar-refractivity contribution is -0.385. The summed E-state index contributed by atoms with van der Waals surface area (Å²) in [6.45, 7) is 2.36. The van der Waals surface area contributed by atoms with Gasteiger partial charge < -0.3 is 20.1 Å². The zero-order valence-corrected chi connectivity index (χ0v) is 20.7. The number of halogens is 2. The van der Waals surface area contributed by atoms with E-state index in [2.05, 4.69) is 62.7 Å². The number of phenols is 1. The monoisotopic (exact) mass is 592 g/mol. The van der Waals surface area contributed by atoms with Gasteiger partial charge in [0.25, 0.3) is 5.69 Å². The molecule has 0 atom stereocenters. The summed E-state index contributed by atoms with van der Waals surface area (Å²) < 4.78 is 6.48. The van der Waals surface area contributed by atoms with Gasteiger partial charge in [-0.2, -0.15) is 20.1 Å². The number of benzene rings is 2. The molecular formula is C20H18Br2N8O4. The molecule has 0 bridgehead atoms. The molecule has 0 unspecified atom stereocenters. The van der Waals surface area contributed by atoms with Crippen LogP contribution in [0.4, 0.5) is 29.2 Å². The van der Waals surface area contributed by atoms with Crippen molar-refractivity contribution in [2.75, 3.05) is 41.9 Å². The molecule has 3 aromatic rings. The number of morpholine rings is 1. The molecule has 4 rings (SSSR count). The fourth-order valence-corrected chi connectivity index (χ4v) is 3.90. The van der Waals surface area contributed by atoms with E-state index in [4.69, 9.17) is 4.74 Å². The average molecular weight is 594 g/mol. The normalized spacial score (nSPS) is 13.8. The number of aromatic hydroxyl groups is 1. The van der Waals surface area contributed by atoms with Crippen LogP contribution in [0, 0.1) is 10.1 Å². The molecule has 1 aliphatic heterocycles. The zero-order chi connectivity index (χ0) is 24.1. The minimum Gasteiger partial charge on any atom is -0.506 e. The van der Waals surface area contributed by atoms with E-state index in [0.717, 1.165) is 10.2 Å². The van der Waals surface area contributed by atoms with Crippen LogP contribution in [0.15, 0.2) is 50.4 Å². The van der Waals surface area contributed by atoms with Crippen molar-refractivity contribution in [3.63, 3.8) is 0 Å². The minimum atomic E-state index is -0.560. The highest BCUT2D eigenvalue weighted by Crippen LogP contribution is 2.31. The van der Waals surface area contributed by atoms with Gasteiger partial charge in [0, 0.05) is 40.9 Å². The maximum Gasteiger partial charge on any atom is 0.271 e. The maximum absolute atomic E-state index is 11.1. The third kappa shape index (κ3) is 5.95. The third-order valence-corrected chi connectivity index (χ3v) is 5.75. The van der Waals surface area contributed by atoms with Gasteiger partial charge in [-0.15, -0.1) is 0 Å². The summed E-state index contributed by atoms with van der Waals surface area (Å²) in [4.78, 5) is 25.8. The van der Waals surface area contributed by atoms with Crippen molar-refractivity contribution in [3.8, 4) is 5.75 Å². The standard InChI is InChI=1S/C20H18Br2N8O4/c21-13-2-1-3-14(9-13)24-18-25-19(27-20(26-18)29-4-6-34-7-5-29)28-23-11-12-8-15(30(32)33)10-16(22)17(12)31/h1-3,8-11,31H,4-7H2,(H2,24,25,26,27,28). The number of hydrogen-bond acceptors (Lipinski definition) is 11. The molecule has 0 aliphatic carbocycles. The Kier molecular flexibility index (Phi) is 7.49. The number of hydrazone groups is 1. The van der Waals surface area contributed by atoms with Crippen LogP contribution < -0.4 is 15.6 Å². The predicted octanol–water partition coefficient (Wildman–Crippen LogP) is 4.04. The number of phenolic OH excluding ortho intramolecular Hbond substituents is 1. The molecule has 0 radical (unpaired) electrons. The van der Waals surface area contributed by atoms with E-state index < -0.39 is 4.92 Å². The van der Waals surface area contributed by atoms with Crippen molar-refractivity contribution >= 4 is 67.3 Å². The van der Waals surface area contributed by atoms with Crippen LogP contribution in [0.5, 0.6) is 5.75 Å². The molecule has 1 aliphatic rings. The first-order valence-corrected chi connectivity index (χ1v) is 11.5. The summed E-state index contributed by atoms with van der Waals surface area (Å²) in [5.41, 5.74) is 3.43. The van der Waals surface area contributed by atoms with Crippen molar-refractivity contribution in [2.45, 2.75) is 0 Å². The van der Waals surface area contributed by atoms with Gasteiger partial charge in [0.1, 0.15) is 5.75 Å². The maximum atomic E-state index is 11.1. The fraction of sp³-hybridized carbons (Fsp3) is 0.200. The van der Waals surface area contributed by atoms with Gasteiger partial charge in [-0.3, -0.25) is 10.1 Å². The molecule has 34 heavy (non-hydrogen) atoms. The molecular weight excluding hydrogens is 576 g/mol. The molecule has 0 amide bonds. The highest BCUT2D eigenvalue weighted by molar-refractivity contribution is 9.10. The van der Waals surface area contributed by atoms with Crippen LogP contribution in [0.2, 0.25) is 0 Å². The van der Waals surface area contributed by atoms with Gasteiger partial charge in [0.2, 0.25) is 17.8 Å². The van der Waals surface area contributed by atoms with Gasteiger partial charge in [-0.1, -0.05) is 22.0 Å². The topological polar surface area (TPSA) is 151 Å². The molecule has 0 saturated carbocycles. The quantitative estimate of drug-likeness (QED) is 0.208. The highest BCUT2D eigenvalue weighted by atomic mass is 79.9. The van der Waals surface area contributed by atoms with E-state index in [1.54, 1.807) is 0 Å². The van der Waals surface area contributed by atoms with Crippen molar-refractivity contribution < 1.29 is 14.8 Å². The number of nitrogens with zero attached hydrogens (tertiary/aromatic N) is 6. The molecule has 3 N–H and O–H groups in total. The molecule has 1 fully saturated rings. The second-order valence-electron chi connectivity index (χ2n) is 7.01. The summed E-state index contributed by atoms with van der Waals surface area (Å²) >= 11 is 6.54. The number of rotatable bonds is 7. The van der Waals surface area contributed by atoms with E-state index in [1.807, 2.05) is 29.2 Å². The predicted molar refractivity (Wildman–Crippen MR) is 134 cm³/mol. The van der Waals surface area contributed by atoms with Crippen molar-refractivity contribution in [2.24, 2.45) is 5.10 Å². The Morgan fingerprint density at radius 1 is 1.15 bits per heavy atom. The lowest BCUT2D eigenvalue weighted by Gasteiger charge is -2.27. The Balaban J connectivity index is 1.61. The van der Waals surface area contributed by atoms with E-state index in [0.29, 0.717) is 38.2 Å². The van der Waals surface area contributed by atoms with Crippen LogP contribution in [-0.2, 0) is 4.74 Å². The molecule has 2 heterocycles. The number of hydrogen-bond donors (Lipinski definition) is 3. The van der Waals surface area contributed by atoms with Gasteiger partial charge in [0.05, 0.1) is 28.8 Å². The Bertz CT molecular complexity index is 1240. The number of aromatic nitrogens is 3. The number of ether oxygens (including phenoxy) is 1. The van der Waals surface area contributed by atoms with Crippen LogP contribution in [0.1, 0.15) is 5.56 Å². The zero-order valence-electron chi connectivity index (χ0n) is 17.5. The van der Waals surface area contributed by atoms with Crippen molar-refractivity contribution in [3.05, 3.63) is 61.0 Å². The Morgan fingerprint density at radius 3 is 2.65 bits per heavy atom. The van der Waals surface area contributed by atoms with E-state index in [-0.39, 0.29) is 27.4 Å². The second kappa shape index (κ2) is 10.7. The first-order chi connectivity index (χ1) is 16.4. The molecule has 2 aromatic carbocycles. The Hall–Kier alpha value is -3.36. The smallest absolute Gasteiger partial charge is 0.271 e. The minimum absolute atomic E-state index is 0.142. The molecule has 1 aromatic heterocycles. The largest absolute Gasteiger partial charge is 0.506 e. The molecule has 12 nitrogen and oxygen atoms in total. The van der Waals surface area contributed by atoms with E-state index in [9.17, 15) is 15.2 Å². The molecule has 176 valence electrons. The van der Waals surface area contributed by atoms with Crippen molar-refractivity contribution in [1.82, 2.24) is 15.0 Å². The summed E-state index contributed by atoms with van der Waals surface area (Å²) in [6.07, 6.45) is 1.24. The molecule has 0 spiro atoms. The number of nitro groups is 1. The number of anilines is 4. The lowest BCUT2D eigenvalue weighted by atomic mass is 10.2. The van der Waals surface area contributed by atoms with Crippen LogP contribution in [0.3, 0.4) is 0 Å². The molecule has 1 saturated heterocycles. The third-order valence-electron chi connectivity index (χ3n) is 4.65. The van der Waals surface area contributed by atoms with Gasteiger partial charge >= 0.3 is 0 Å². The van der Waals surface area contributed by atoms with Crippen LogP contribution >= 0.6 is 31.9 Å². The highest BCUT2D eigenvalue weighted by Gasteiger charge is 2.17. The van der Waals surface area contributed by atoms with Crippen molar-refractivity contribution in [1.29, 1.82) is 0 Å². The summed E-state index contributed by atoms with van der Waals surface area (Å²) in [5, 5.41) is 28.5. The summed E-state index contributed by atoms with van der Waals surface area (Å²) in [6, 6.07) is 9.95. The Labute approximate surface area is 210 Å². The summed E-state index contributed by atoms with van der Waals surface area (Å²) in [5.74, 6) is 0.703. The molecule has 14 heteroatoms. The van der Waals surface area contributed by atoms with Crippen LogP contribution in [-0.4, -0.2) is 57.5 Å². The van der Waals surface area contributed by atoms with E-state index >= 15 is 0 Å². The van der Waals surface area contributed by atoms with Gasteiger partial charge in [-0.05, 0) is 34.1 Å².